The summed E-state index contributed by atoms with van der Waals surface area (Å²) in [5.41, 5.74) is 26.9. The van der Waals surface area contributed by atoms with E-state index in [9.17, 15) is 25.3 Å². The molecule has 0 bridgehead atoms. The Labute approximate surface area is 387 Å². The molecule has 274 valence electrons. The molecule has 0 aliphatic carbocycles. The molecule has 19 nitrogen and oxygen atoms in total. The molecule has 0 fully saturated rings. The molecule has 9 N–H and O–H groups in total. The Hall–Kier alpha value is -3.17. The zero-order valence-electron chi connectivity index (χ0n) is 30.2. The van der Waals surface area contributed by atoms with Crippen LogP contribution in [0, 0.1) is 6.92 Å². The fraction of sp³-hybridized carbons (Fsp3) is 0.0323. The number of hydrogen-bond donors (Lipinski definition) is 5. The first-order valence-corrected chi connectivity index (χ1v) is 18.9. The summed E-state index contributed by atoms with van der Waals surface area (Å²) in [6.07, 6.45) is 0. The zero-order chi connectivity index (χ0) is 38.6. The van der Waals surface area contributed by atoms with Crippen LogP contribution in [0.4, 0.5) is 56.9 Å². The molecule has 0 aromatic heterocycles. The standard InChI is InChI=1S/C31H28N10O9S3.3Na/c1-18-14-29(26(33)15-25(18)32)39-36-20-4-10-23(11-5-20)52(45,46)49-50-53(47,48)24-12-6-21(7-13-24)38-41-31-17-30(27(34)16-28(31)35)40-37-19-2-8-22(9-3-19)51(42,43)44;;;/h2-17H,32-35H2,1H3,(H,42,43,44);;;/q;3*+1. The van der Waals surface area contributed by atoms with Crippen molar-refractivity contribution in [2.24, 2.45) is 30.7 Å². The Morgan fingerprint density at radius 3 is 1.09 bits per heavy atom. The van der Waals surface area contributed by atoms with E-state index >= 15 is 0 Å². The van der Waals surface area contributed by atoms with E-state index in [1.54, 1.807) is 19.1 Å². The van der Waals surface area contributed by atoms with Crippen molar-refractivity contribution in [2.45, 2.75) is 21.6 Å². The van der Waals surface area contributed by atoms with Crippen molar-refractivity contribution in [3.8, 4) is 0 Å². The largest absolute Gasteiger partial charge is 1.00 e. The second kappa shape index (κ2) is 20.5. The summed E-state index contributed by atoms with van der Waals surface area (Å²) in [6.45, 7) is 1.77. The Kier molecular flexibility index (Phi) is 17.9. The Morgan fingerprint density at radius 1 is 0.446 bits per heavy atom. The van der Waals surface area contributed by atoms with Crippen molar-refractivity contribution in [3.63, 3.8) is 0 Å². The van der Waals surface area contributed by atoms with Gasteiger partial charge in [0.1, 0.15) is 17.1 Å². The molecule has 0 aliphatic heterocycles. The van der Waals surface area contributed by atoms with E-state index in [1.807, 2.05) is 0 Å². The summed E-state index contributed by atoms with van der Waals surface area (Å²) in [6, 6.07) is 20.4. The van der Waals surface area contributed by atoms with Crippen LogP contribution in [0.3, 0.4) is 0 Å². The number of rotatable bonds is 12. The van der Waals surface area contributed by atoms with Gasteiger partial charge < -0.3 is 22.9 Å². The molecule has 0 heterocycles. The van der Waals surface area contributed by atoms with Crippen molar-refractivity contribution >= 4 is 87.2 Å². The third-order valence-electron chi connectivity index (χ3n) is 7.00. The first-order valence-electron chi connectivity index (χ1n) is 14.7. The summed E-state index contributed by atoms with van der Waals surface area (Å²) >= 11 is 0. The van der Waals surface area contributed by atoms with E-state index in [-0.39, 0.29) is 133 Å². The molecule has 0 atom stereocenters. The summed E-state index contributed by atoms with van der Waals surface area (Å²) in [5.74, 6) is 0. The van der Waals surface area contributed by atoms with Crippen LogP contribution in [0.1, 0.15) is 5.56 Å². The van der Waals surface area contributed by atoms with Gasteiger partial charge >= 0.3 is 109 Å². The fourth-order valence-electron chi connectivity index (χ4n) is 4.13. The average Bonchev–Trinajstić information content (AvgIpc) is 3.11. The van der Waals surface area contributed by atoms with Gasteiger partial charge in [0, 0.05) is 5.69 Å². The summed E-state index contributed by atoms with van der Waals surface area (Å²) in [4.78, 5) is -1.20. The van der Waals surface area contributed by atoms with Crippen LogP contribution >= 0.6 is 0 Å². The molecular formula is C31H28N10Na3O9S3+3. The van der Waals surface area contributed by atoms with Gasteiger partial charge in [0.05, 0.1) is 48.8 Å². The molecule has 0 radical (unpaired) electrons. The molecule has 0 unspecified atom stereocenters. The molecule has 0 aliphatic rings. The van der Waals surface area contributed by atoms with Gasteiger partial charge in [-0.1, -0.05) is 8.67 Å². The number of nitrogens with two attached hydrogens (primary N) is 4. The van der Waals surface area contributed by atoms with Crippen LogP contribution in [0.25, 0.3) is 0 Å². The van der Waals surface area contributed by atoms with E-state index < -0.39 is 40.1 Å². The number of nitrogen functional groups attached to an aromatic ring is 4. The number of anilines is 4. The molecule has 0 saturated heterocycles. The van der Waals surface area contributed by atoms with Crippen molar-refractivity contribution < 1.29 is 127 Å². The maximum atomic E-state index is 12.7. The minimum atomic E-state index is -4.73. The first kappa shape index (κ1) is 49.0. The Balaban J connectivity index is 0.00000361. The molecule has 25 heteroatoms. The van der Waals surface area contributed by atoms with Gasteiger partial charge in [0.15, 0.2) is 0 Å². The summed E-state index contributed by atoms with van der Waals surface area (Å²) in [7, 11) is -13.8. The van der Waals surface area contributed by atoms with Gasteiger partial charge in [-0.25, -0.2) is 0 Å². The summed E-state index contributed by atoms with van der Waals surface area (Å²) in [5, 5.41) is 24.1. The van der Waals surface area contributed by atoms with E-state index in [0.717, 1.165) is 42.0 Å². The molecular weight excluding hydrogens is 822 g/mol. The van der Waals surface area contributed by atoms with Gasteiger partial charge in [0.25, 0.3) is 10.1 Å². The number of hydrogen-bond acceptors (Lipinski definition) is 18. The van der Waals surface area contributed by atoms with Crippen molar-refractivity contribution in [3.05, 3.63) is 103 Å². The number of benzene rings is 5. The quantitative estimate of drug-likeness (QED) is 0.0224. The SMILES string of the molecule is Cc1cc(N=Nc2ccc(S(=O)(=O)OOS(=O)(=O)c3ccc(N=Nc4cc(N=Nc5ccc(S(=O)(=O)O)cc5)c(N)cc4N)cc3)cc2)c(N)cc1N.[Na+].[Na+].[Na+]. The molecule has 5 aromatic rings. The van der Waals surface area contributed by atoms with Crippen molar-refractivity contribution in [2.75, 3.05) is 22.9 Å². The Morgan fingerprint density at radius 2 is 0.750 bits per heavy atom. The van der Waals surface area contributed by atoms with E-state index in [2.05, 4.69) is 39.4 Å². The second-order valence-electron chi connectivity index (χ2n) is 10.8. The van der Waals surface area contributed by atoms with Gasteiger partial charge in [0.2, 0.25) is 0 Å². The molecule has 0 spiro atoms. The topological polar surface area (TPSA) is 319 Å². The minimum absolute atomic E-state index is 0. The molecule has 0 saturated carbocycles. The third-order valence-corrected chi connectivity index (χ3v) is 10.2. The minimum Gasteiger partial charge on any atom is -0.398 e. The zero-order valence-corrected chi connectivity index (χ0v) is 38.6. The number of nitrogens with zero attached hydrogens (tertiary/aromatic N) is 6. The van der Waals surface area contributed by atoms with Gasteiger partial charge in [-0.3, -0.25) is 4.55 Å². The first-order chi connectivity index (χ1) is 24.9. The molecule has 0 amide bonds. The van der Waals surface area contributed by atoms with Gasteiger partial charge in [-0.05, 0) is 110 Å². The van der Waals surface area contributed by atoms with E-state index in [4.69, 9.17) is 27.5 Å². The Bertz CT molecular complexity index is 2620. The smallest absolute Gasteiger partial charge is 0.398 e. The van der Waals surface area contributed by atoms with Crippen molar-refractivity contribution in [1.82, 2.24) is 0 Å². The monoisotopic (exact) mass is 849 g/mol. The van der Waals surface area contributed by atoms with Crippen LogP contribution < -0.4 is 112 Å². The van der Waals surface area contributed by atoms with Crippen LogP contribution in [-0.2, 0) is 39.0 Å². The van der Waals surface area contributed by atoms with Crippen LogP contribution in [0.5, 0.6) is 0 Å². The number of azo groups is 3. The predicted molar refractivity (Wildman–Crippen MR) is 193 cm³/mol. The van der Waals surface area contributed by atoms with Gasteiger partial charge in [-0.15, -0.1) is 15.3 Å². The molecule has 56 heavy (non-hydrogen) atoms. The maximum absolute atomic E-state index is 12.7. The molecule has 5 aromatic carbocycles. The van der Waals surface area contributed by atoms with Crippen LogP contribution in [0.15, 0.2) is 142 Å². The fourth-order valence-corrected chi connectivity index (χ4v) is 6.29. The van der Waals surface area contributed by atoms with E-state index in [1.165, 1.54) is 48.5 Å². The number of aryl methyl sites for hydroxylation is 1. The van der Waals surface area contributed by atoms with Gasteiger partial charge in [-0.2, -0.15) is 40.6 Å². The third kappa shape index (κ3) is 12.9. The average molecular weight is 850 g/mol. The van der Waals surface area contributed by atoms with Crippen LogP contribution in [-0.4, -0.2) is 29.8 Å². The second-order valence-corrected chi connectivity index (χ2v) is 15.3. The normalized spacial score (nSPS) is 12.0. The van der Waals surface area contributed by atoms with Crippen molar-refractivity contribution in [1.29, 1.82) is 0 Å². The maximum Gasteiger partial charge on any atom is 1.00 e. The summed E-state index contributed by atoms with van der Waals surface area (Å²) < 4.78 is 90.9. The predicted octanol–water partition coefficient (Wildman–Crippen LogP) is -2.15. The van der Waals surface area contributed by atoms with Crippen LogP contribution in [0.2, 0.25) is 0 Å². The van der Waals surface area contributed by atoms with E-state index in [0.29, 0.717) is 17.1 Å². The molecule has 5 rings (SSSR count).